The minimum absolute atomic E-state index is 0.206. The highest BCUT2D eigenvalue weighted by Crippen LogP contribution is 2.40. The van der Waals surface area contributed by atoms with Crippen molar-refractivity contribution in [2.24, 2.45) is 0 Å². The zero-order valence-electron chi connectivity index (χ0n) is 11.5. The summed E-state index contributed by atoms with van der Waals surface area (Å²) >= 11 is 5.45. The molecule has 3 rings (SSSR count). The van der Waals surface area contributed by atoms with Gasteiger partial charge in [-0.25, -0.2) is 0 Å². The van der Waals surface area contributed by atoms with Crippen molar-refractivity contribution in [2.45, 2.75) is 25.8 Å². The summed E-state index contributed by atoms with van der Waals surface area (Å²) in [5.74, 6) is 1.08. The molecule has 0 spiro atoms. The van der Waals surface area contributed by atoms with Crippen LogP contribution in [-0.2, 0) is 6.42 Å². The van der Waals surface area contributed by atoms with Gasteiger partial charge in [0.15, 0.2) is 0 Å². The van der Waals surface area contributed by atoms with Gasteiger partial charge in [0.1, 0.15) is 5.75 Å². The maximum absolute atomic E-state index is 5.88. The molecule has 20 heavy (non-hydrogen) atoms. The van der Waals surface area contributed by atoms with Crippen LogP contribution in [0, 0.1) is 0 Å². The van der Waals surface area contributed by atoms with E-state index in [1.807, 2.05) is 0 Å². The predicted octanol–water partition coefficient (Wildman–Crippen LogP) is 4.53. The summed E-state index contributed by atoms with van der Waals surface area (Å²) in [5.41, 5.74) is 2.59. The van der Waals surface area contributed by atoms with Crippen LogP contribution in [0.3, 0.4) is 0 Å². The molecule has 0 amide bonds. The van der Waals surface area contributed by atoms with Crippen LogP contribution in [0.1, 0.15) is 35.4 Å². The summed E-state index contributed by atoms with van der Waals surface area (Å²) in [7, 11) is 0. The Bertz CT molecular complexity index is 596. The van der Waals surface area contributed by atoms with Crippen molar-refractivity contribution in [2.75, 3.05) is 13.2 Å². The molecule has 1 aliphatic heterocycles. The number of hydrogen-bond donors (Lipinski definition) is 1. The monoisotopic (exact) mass is 351 g/mol. The molecule has 0 bridgehead atoms. The highest BCUT2D eigenvalue weighted by Gasteiger charge is 2.25. The van der Waals surface area contributed by atoms with E-state index < -0.39 is 0 Å². The molecule has 0 saturated carbocycles. The molecule has 0 radical (unpaired) electrons. The fraction of sp³-hybridized carbons (Fsp3) is 0.375. The summed E-state index contributed by atoms with van der Waals surface area (Å²) in [4.78, 5) is 1.32. The first-order chi connectivity index (χ1) is 9.81. The van der Waals surface area contributed by atoms with Crippen LogP contribution in [0.4, 0.5) is 0 Å². The van der Waals surface area contributed by atoms with E-state index >= 15 is 0 Å². The Morgan fingerprint density at radius 2 is 2.30 bits per heavy atom. The van der Waals surface area contributed by atoms with Gasteiger partial charge in [-0.3, -0.25) is 0 Å². The third kappa shape index (κ3) is 2.65. The van der Waals surface area contributed by atoms with Gasteiger partial charge in [-0.15, -0.1) is 11.3 Å². The topological polar surface area (TPSA) is 21.3 Å². The molecule has 0 saturated heterocycles. The van der Waals surface area contributed by atoms with E-state index in [1.54, 1.807) is 11.3 Å². The SMILES string of the molecule is CCCNC(c1cccc2c1OCC2)c1sccc1Br. The van der Waals surface area contributed by atoms with E-state index in [0.29, 0.717) is 0 Å². The van der Waals surface area contributed by atoms with E-state index in [1.165, 1.54) is 20.5 Å². The highest BCUT2D eigenvalue weighted by molar-refractivity contribution is 9.10. The van der Waals surface area contributed by atoms with Gasteiger partial charge in [0.05, 0.1) is 12.6 Å². The van der Waals surface area contributed by atoms with Crippen LogP contribution >= 0.6 is 27.3 Å². The maximum atomic E-state index is 5.88. The average molecular weight is 352 g/mol. The Labute approximate surface area is 132 Å². The molecule has 1 aliphatic rings. The molecule has 0 fully saturated rings. The second-order valence-corrected chi connectivity index (χ2v) is 6.76. The van der Waals surface area contributed by atoms with Gasteiger partial charge in [0.25, 0.3) is 0 Å². The smallest absolute Gasteiger partial charge is 0.127 e. The molecule has 0 aliphatic carbocycles. The normalized spacial score (nSPS) is 14.9. The highest BCUT2D eigenvalue weighted by atomic mass is 79.9. The van der Waals surface area contributed by atoms with E-state index in [0.717, 1.165) is 31.7 Å². The molecule has 2 nitrogen and oxygen atoms in total. The quantitative estimate of drug-likeness (QED) is 0.853. The lowest BCUT2D eigenvalue weighted by atomic mass is 10.0. The third-order valence-corrected chi connectivity index (χ3v) is 5.50. The fourth-order valence-corrected chi connectivity index (χ4v) is 4.31. The first-order valence-electron chi connectivity index (χ1n) is 7.02. The van der Waals surface area contributed by atoms with Gasteiger partial charge in [0.2, 0.25) is 0 Å². The van der Waals surface area contributed by atoms with Crippen molar-refractivity contribution in [1.29, 1.82) is 0 Å². The molecule has 106 valence electrons. The van der Waals surface area contributed by atoms with Crippen LogP contribution in [0.2, 0.25) is 0 Å². The Morgan fingerprint density at radius 3 is 3.05 bits per heavy atom. The lowest BCUT2D eigenvalue weighted by Gasteiger charge is -2.20. The van der Waals surface area contributed by atoms with Crippen molar-refractivity contribution < 1.29 is 4.74 Å². The number of nitrogens with one attached hydrogen (secondary N) is 1. The van der Waals surface area contributed by atoms with Crippen LogP contribution in [0.15, 0.2) is 34.1 Å². The van der Waals surface area contributed by atoms with E-state index in [2.05, 4.69) is 57.8 Å². The zero-order chi connectivity index (χ0) is 13.9. The number of ether oxygens (including phenoxy) is 1. The summed E-state index contributed by atoms with van der Waals surface area (Å²) in [5, 5.41) is 5.79. The minimum Gasteiger partial charge on any atom is -0.493 e. The number of para-hydroxylation sites is 1. The van der Waals surface area contributed by atoms with E-state index in [-0.39, 0.29) is 6.04 Å². The van der Waals surface area contributed by atoms with Crippen LogP contribution < -0.4 is 10.1 Å². The Morgan fingerprint density at radius 1 is 1.40 bits per heavy atom. The average Bonchev–Trinajstić information content (AvgIpc) is 3.09. The lowest BCUT2D eigenvalue weighted by Crippen LogP contribution is -2.23. The fourth-order valence-electron chi connectivity index (χ4n) is 2.61. The zero-order valence-corrected chi connectivity index (χ0v) is 13.9. The van der Waals surface area contributed by atoms with Crippen molar-refractivity contribution in [3.05, 3.63) is 50.1 Å². The van der Waals surface area contributed by atoms with Crippen molar-refractivity contribution in [3.8, 4) is 5.75 Å². The number of fused-ring (bicyclic) bond motifs is 1. The largest absolute Gasteiger partial charge is 0.493 e. The molecule has 1 aromatic heterocycles. The maximum Gasteiger partial charge on any atom is 0.127 e. The number of hydrogen-bond acceptors (Lipinski definition) is 3. The molecular weight excluding hydrogens is 334 g/mol. The van der Waals surface area contributed by atoms with Crippen LogP contribution in [0.25, 0.3) is 0 Å². The molecule has 2 aromatic rings. The summed E-state index contributed by atoms with van der Waals surface area (Å²) < 4.78 is 7.05. The predicted molar refractivity (Wildman–Crippen MR) is 87.8 cm³/mol. The number of benzene rings is 1. The number of halogens is 1. The van der Waals surface area contributed by atoms with Gasteiger partial charge in [-0.2, -0.15) is 0 Å². The van der Waals surface area contributed by atoms with E-state index in [9.17, 15) is 0 Å². The van der Waals surface area contributed by atoms with Gasteiger partial charge in [0, 0.05) is 21.3 Å². The first kappa shape index (κ1) is 14.1. The van der Waals surface area contributed by atoms with Gasteiger partial charge < -0.3 is 10.1 Å². The molecule has 1 aromatic carbocycles. The summed E-state index contributed by atoms with van der Waals surface area (Å²) in [6, 6.07) is 8.82. The molecule has 1 N–H and O–H groups in total. The van der Waals surface area contributed by atoms with E-state index in [4.69, 9.17) is 4.74 Å². The van der Waals surface area contributed by atoms with Gasteiger partial charge in [-0.05, 0) is 45.9 Å². The third-order valence-electron chi connectivity index (χ3n) is 3.56. The molecule has 1 atom stereocenters. The summed E-state index contributed by atoms with van der Waals surface area (Å²) in [6.45, 7) is 4.00. The molecule has 2 heterocycles. The number of thiophene rings is 1. The lowest BCUT2D eigenvalue weighted by molar-refractivity contribution is 0.350. The molecular formula is C16H18BrNOS. The molecule has 1 unspecified atom stereocenters. The van der Waals surface area contributed by atoms with Gasteiger partial charge >= 0.3 is 0 Å². The van der Waals surface area contributed by atoms with Gasteiger partial charge in [-0.1, -0.05) is 25.1 Å². The standard InChI is InChI=1S/C16H18BrNOS/c1-2-8-18-14(16-13(17)7-10-20-16)12-5-3-4-11-6-9-19-15(11)12/h3-5,7,10,14,18H,2,6,8-9H2,1H3. The van der Waals surface area contributed by atoms with Crippen LogP contribution in [0.5, 0.6) is 5.75 Å². The first-order valence-corrected chi connectivity index (χ1v) is 8.69. The minimum atomic E-state index is 0.206. The van der Waals surface area contributed by atoms with Crippen LogP contribution in [-0.4, -0.2) is 13.2 Å². The second kappa shape index (κ2) is 6.29. The Hall–Kier alpha value is -0.840. The molecule has 4 heteroatoms. The van der Waals surface area contributed by atoms with Crippen molar-refractivity contribution >= 4 is 27.3 Å². The Kier molecular flexibility index (Phi) is 4.44. The number of rotatable bonds is 5. The Balaban J connectivity index is 2.02. The van der Waals surface area contributed by atoms with Crippen molar-refractivity contribution in [3.63, 3.8) is 0 Å². The second-order valence-electron chi connectivity index (χ2n) is 4.95. The summed E-state index contributed by atoms with van der Waals surface area (Å²) in [6.07, 6.45) is 2.14. The van der Waals surface area contributed by atoms with Crippen molar-refractivity contribution in [1.82, 2.24) is 5.32 Å².